The molecule has 4 nitrogen and oxygen atoms in total. The number of carbonyl (C=O) groups is 1. The summed E-state index contributed by atoms with van der Waals surface area (Å²) in [5, 5.41) is 0. The van der Waals surface area contributed by atoms with E-state index in [0.29, 0.717) is 23.6 Å². The third-order valence-corrected chi connectivity index (χ3v) is 4.47. The molecule has 1 saturated carbocycles. The van der Waals surface area contributed by atoms with Gasteiger partial charge < -0.3 is 10.5 Å². The van der Waals surface area contributed by atoms with E-state index in [1.807, 2.05) is 0 Å². The van der Waals surface area contributed by atoms with Crippen molar-refractivity contribution in [1.29, 1.82) is 0 Å². The standard InChI is InChI=1S/C16H19F3N2O2/c1-2-23-15(22)21-13-6-5-10(16(17,18)19)7-11(13)12(20)8-14(21)9-3-4-9/h5-7,9,12,14H,2-4,8,20H2,1H3/t12-,14-/m0/s1. The molecular weight excluding hydrogens is 309 g/mol. The molecule has 0 saturated heterocycles. The average molecular weight is 328 g/mol. The fourth-order valence-electron chi connectivity index (χ4n) is 3.23. The molecule has 7 heteroatoms. The van der Waals surface area contributed by atoms with Crippen LogP contribution in [0.3, 0.4) is 0 Å². The second-order valence-electron chi connectivity index (χ2n) is 6.09. The highest BCUT2D eigenvalue weighted by molar-refractivity contribution is 5.90. The first-order valence-electron chi connectivity index (χ1n) is 7.75. The van der Waals surface area contributed by atoms with E-state index in [1.54, 1.807) is 6.92 Å². The van der Waals surface area contributed by atoms with Gasteiger partial charge in [0.2, 0.25) is 0 Å². The zero-order chi connectivity index (χ0) is 16.8. The summed E-state index contributed by atoms with van der Waals surface area (Å²) in [5.41, 5.74) is 6.14. The quantitative estimate of drug-likeness (QED) is 0.897. The molecule has 0 bridgehead atoms. The van der Waals surface area contributed by atoms with Gasteiger partial charge in [0.15, 0.2) is 0 Å². The van der Waals surface area contributed by atoms with Crippen LogP contribution < -0.4 is 10.6 Å². The van der Waals surface area contributed by atoms with Crippen molar-refractivity contribution >= 4 is 11.8 Å². The summed E-state index contributed by atoms with van der Waals surface area (Å²) in [6.07, 6.45) is -2.49. The molecule has 1 aromatic carbocycles. The summed E-state index contributed by atoms with van der Waals surface area (Å²) in [6.45, 7) is 1.92. The summed E-state index contributed by atoms with van der Waals surface area (Å²) in [6, 6.07) is 2.77. The molecule has 1 aromatic rings. The van der Waals surface area contributed by atoms with Crippen LogP contribution in [0.5, 0.6) is 0 Å². The van der Waals surface area contributed by atoms with Gasteiger partial charge in [-0.15, -0.1) is 0 Å². The summed E-state index contributed by atoms with van der Waals surface area (Å²) in [4.78, 5) is 13.8. The number of hydrogen-bond donors (Lipinski definition) is 1. The number of anilines is 1. The molecule has 1 aliphatic carbocycles. The minimum atomic E-state index is -4.43. The van der Waals surface area contributed by atoms with Gasteiger partial charge in [0.1, 0.15) is 0 Å². The van der Waals surface area contributed by atoms with Crippen molar-refractivity contribution in [3.8, 4) is 0 Å². The lowest BCUT2D eigenvalue weighted by atomic mass is 9.88. The summed E-state index contributed by atoms with van der Waals surface area (Å²) in [7, 11) is 0. The van der Waals surface area contributed by atoms with Gasteiger partial charge in [0, 0.05) is 12.1 Å². The largest absolute Gasteiger partial charge is 0.449 e. The topological polar surface area (TPSA) is 55.6 Å². The molecule has 3 rings (SSSR count). The number of carbonyl (C=O) groups excluding carboxylic acids is 1. The van der Waals surface area contributed by atoms with E-state index in [-0.39, 0.29) is 12.6 Å². The Morgan fingerprint density at radius 3 is 2.65 bits per heavy atom. The highest BCUT2D eigenvalue weighted by Crippen LogP contribution is 2.47. The van der Waals surface area contributed by atoms with Gasteiger partial charge in [-0.2, -0.15) is 13.2 Å². The number of amides is 1. The van der Waals surface area contributed by atoms with Gasteiger partial charge in [0.05, 0.1) is 17.9 Å². The van der Waals surface area contributed by atoms with Crippen molar-refractivity contribution in [2.45, 2.75) is 44.4 Å². The lowest BCUT2D eigenvalue weighted by Gasteiger charge is -2.39. The van der Waals surface area contributed by atoms with Crippen molar-refractivity contribution in [1.82, 2.24) is 0 Å². The lowest BCUT2D eigenvalue weighted by molar-refractivity contribution is -0.137. The monoisotopic (exact) mass is 328 g/mol. The Kier molecular flexibility index (Phi) is 4.00. The second-order valence-corrected chi connectivity index (χ2v) is 6.09. The number of halogens is 3. The fraction of sp³-hybridized carbons (Fsp3) is 0.562. The Labute approximate surface area is 132 Å². The number of benzene rings is 1. The zero-order valence-corrected chi connectivity index (χ0v) is 12.8. The number of nitrogens with two attached hydrogens (primary N) is 1. The van der Waals surface area contributed by atoms with Crippen LogP contribution in [0.4, 0.5) is 23.7 Å². The Morgan fingerprint density at radius 2 is 2.09 bits per heavy atom. The van der Waals surface area contributed by atoms with Gasteiger partial charge in [-0.05, 0) is 55.9 Å². The summed E-state index contributed by atoms with van der Waals surface area (Å²) >= 11 is 0. The maximum absolute atomic E-state index is 12.9. The molecule has 0 spiro atoms. The molecular formula is C16H19F3N2O2. The van der Waals surface area contributed by atoms with Crippen molar-refractivity contribution < 1.29 is 22.7 Å². The van der Waals surface area contributed by atoms with E-state index in [4.69, 9.17) is 10.5 Å². The van der Waals surface area contributed by atoms with Gasteiger partial charge in [0.25, 0.3) is 0 Å². The molecule has 2 aliphatic rings. The minimum Gasteiger partial charge on any atom is -0.449 e. The van der Waals surface area contributed by atoms with E-state index in [0.717, 1.165) is 25.0 Å². The Morgan fingerprint density at radius 1 is 1.39 bits per heavy atom. The summed E-state index contributed by atoms with van der Waals surface area (Å²) < 4.78 is 43.9. The van der Waals surface area contributed by atoms with Crippen molar-refractivity contribution in [3.63, 3.8) is 0 Å². The molecule has 2 atom stereocenters. The van der Waals surface area contributed by atoms with E-state index >= 15 is 0 Å². The van der Waals surface area contributed by atoms with Crippen molar-refractivity contribution in [2.24, 2.45) is 11.7 Å². The van der Waals surface area contributed by atoms with Crippen LogP contribution in [0.15, 0.2) is 18.2 Å². The Bertz CT molecular complexity index is 614. The maximum Gasteiger partial charge on any atom is 0.416 e. The highest BCUT2D eigenvalue weighted by atomic mass is 19.4. The van der Waals surface area contributed by atoms with E-state index in [9.17, 15) is 18.0 Å². The molecule has 0 radical (unpaired) electrons. The number of ether oxygens (including phenoxy) is 1. The molecule has 1 heterocycles. The molecule has 0 unspecified atom stereocenters. The van der Waals surface area contributed by atoms with Crippen LogP contribution in [0, 0.1) is 5.92 Å². The number of hydrogen-bond acceptors (Lipinski definition) is 3. The Balaban J connectivity index is 2.03. The minimum absolute atomic E-state index is 0.103. The number of rotatable bonds is 2. The molecule has 2 N–H and O–H groups in total. The number of fused-ring (bicyclic) bond motifs is 1. The van der Waals surface area contributed by atoms with Crippen LogP contribution in [0.2, 0.25) is 0 Å². The molecule has 1 aliphatic heterocycles. The van der Waals surface area contributed by atoms with Crippen molar-refractivity contribution in [3.05, 3.63) is 29.3 Å². The third-order valence-electron chi connectivity index (χ3n) is 4.47. The van der Waals surface area contributed by atoms with Crippen LogP contribution in [-0.2, 0) is 10.9 Å². The van der Waals surface area contributed by atoms with Gasteiger partial charge in [-0.25, -0.2) is 4.79 Å². The van der Waals surface area contributed by atoms with Crippen LogP contribution in [0.25, 0.3) is 0 Å². The zero-order valence-electron chi connectivity index (χ0n) is 12.8. The smallest absolute Gasteiger partial charge is 0.416 e. The van der Waals surface area contributed by atoms with Gasteiger partial charge in [-0.1, -0.05) is 0 Å². The van der Waals surface area contributed by atoms with Crippen LogP contribution in [-0.4, -0.2) is 18.7 Å². The van der Waals surface area contributed by atoms with Gasteiger partial charge in [-0.3, -0.25) is 4.90 Å². The first-order valence-corrected chi connectivity index (χ1v) is 7.75. The second kappa shape index (κ2) is 5.70. The number of alkyl halides is 3. The molecule has 23 heavy (non-hydrogen) atoms. The van der Waals surface area contributed by atoms with Gasteiger partial charge >= 0.3 is 12.3 Å². The normalized spacial score (nSPS) is 24.3. The molecule has 1 amide bonds. The highest BCUT2D eigenvalue weighted by Gasteiger charge is 2.44. The predicted octanol–water partition coefficient (Wildman–Crippen LogP) is 3.85. The first-order chi connectivity index (χ1) is 10.8. The fourth-order valence-corrected chi connectivity index (χ4v) is 3.23. The molecule has 126 valence electrons. The lowest BCUT2D eigenvalue weighted by Crippen LogP contribution is -2.47. The molecule has 1 fully saturated rings. The molecule has 0 aromatic heterocycles. The number of nitrogens with zero attached hydrogens (tertiary/aromatic N) is 1. The van der Waals surface area contributed by atoms with E-state index < -0.39 is 23.9 Å². The van der Waals surface area contributed by atoms with E-state index in [1.165, 1.54) is 11.0 Å². The predicted molar refractivity (Wildman–Crippen MR) is 79.0 cm³/mol. The third kappa shape index (κ3) is 3.02. The SMILES string of the molecule is CCOC(=O)N1c2ccc(C(F)(F)F)cc2[C@@H](N)C[C@H]1C1CC1. The van der Waals surface area contributed by atoms with E-state index in [2.05, 4.69) is 0 Å². The summed E-state index contributed by atoms with van der Waals surface area (Å²) in [5.74, 6) is 0.348. The van der Waals surface area contributed by atoms with Crippen molar-refractivity contribution in [2.75, 3.05) is 11.5 Å². The average Bonchev–Trinajstić information content (AvgIpc) is 3.30. The maximum atomic E-state index is 12.9. The van der Waals surface area contributed by atoms with Crippen LogP contribution >= 0.6 is 0 Å². The van der Waals surface area contributed by atoms with Crippen LogP contribution in [0.1, 0.15) is 43.4 Å². The first kappa shape index (κ1) is 16.1. The Hall–Kier alpha value is -1.76.